The summed E-state index contributed by atoms with van der Waals surface area (Å²) in [4.78, 5) is 25.4. The largest absolute Gasteiger partial charge is 0.365 e. The molecular formula is C18H20N4O2. The number of amides is 2. The van der Waals surface area contributed by atoms with Gasteiger partial charge in [-0.15, -0.1) is 0 Å². The highest BCUT2D eigenvalue weighted by Crippen LogP contribution is 2.23. The van der Waals surface area contributed by atoms with Crippen LogP contribution in [0.2, 0.25) is 0 Å². The highest BCUT2D eigenvalue weighted by atomic mass is 16.2. The minimum absolute atomic E-state index is 0.0201. The summed E-state index contributed by atoms with van der Waals surface area (Å²) in [5.74, 6) is -0.750. The van der Waals surface area contributed by atoms with Crippen LogP contribution in [-0.4, -0.2) is 34.4 Å². The average molecular weight is 324 g/mol. The molecule has 0 bridgehead atoms. The molecule has 0 saturated heterocycles. The summed E-state index contributed by atoms with van der Waals surface area (Å²) < 4.78 is 1.83. The van der Waals surface area contributed by atoms with Gasteiger partial charge in [0.25, 0.3) is 5.91 Å². The molecule has 1 aromatic heterocycles. The second-order valence-corrected chi connectivity index (χ2v) is 5.33. The third-order valence-electron chi connectivity index (χ3n) is 3.93. The number of carbonyl (C=O) groups excluding carboxylic acids is 2. The number of primary amides is 1. The Balaban J connectivity index is 2.48. The molecule has 6 nitrogen and oxygen atoms in total. The molecule has 2 amide bonds. The molecule has 124 valence electrons. The Morgan fingerprint density at radius 2 is 1.96 bits per heavy atom. The number of nitrogens with two attached hydrogens (primary N) is 1. The first-order valence-corrected chi connectivity index (χ1v) is 7.79. The summed E-state index contributed by atoms with van der Waals surface area (Å²) in [6.45, 7) is 5.39. The minimum atomic E-state index is -0.770. The lowest BCUT2D eigenvalue weighted by Crippen LogP contribution is -2.33. The van der Waals surface area contributed by atoms with E-state index in [4.69, 9.17) is 11.0 Å². The number of para-hydroxylation sites is 1. The van der Waals surface area contributed by atoms with Crippen molar-refractivity contribution in [3.63, 3.8) is 0 Å². The lowest BCUT2D eigenvalue weighted by atomic mass is 10.1. The topological polar surface area (TPSA) is 92.1 Å². The SMILES string of the molecule is CCN(CC)C(=O)Cn1cc(/C=C(/C#N)C(N)=O)c2ccccc21. The Hall–Kier alpha value is -3.07. The van der Waals surface area contributed by atoms with Gasteiger partial charge in [-0.3, -0.25) is 9.59 Å². The predicted molar refractivity (Wildman–Crippen MR) is 92.7 cm³/mol. The third kappa shape index (κ3) is 3.46. The van der Waals surface area contributed by atoms with E-state index in [2.05, 4.69) is 0 Å². The summed E-state index contributed by atoms with van der Waals surface area (Å²) in [6.07, 6.45) is 3.23. The monoisotopic (exact) mass is 324 g/mol. The van der Waals surface area contributed by atoms with E-state index in [0.717, 1.165) is 10.9 Å². The van der Waals surface area contributed by atoms with E-state index in [1.54, 1.807) is 17.2 Å². The van der Waals surface area contributed by atoms with Gasteiger partial charge in [0.15, 0.2) is 0 Å². The summed E-state index contributed by atoms with van der Waals surface area (Å²) >= 11 is 0. The zero-order valence-electron chi connectivity index (χ0n) is 13.8. The molecule has 2 N–H and O–H groups in total. The van der Waals surface area contributed by atoms with Crippen LogP contribution in [0.25, 0.3) is 17.0 Å². The molecule has 0 unspecified atom stereocenters. The molecule has 0 fully saturated rings. The molecule has 0 radical (unpaired) electrons. The molecule has 0 atom stereocenters. The fourth-order valence-corrected chi connectivity index (χ4v) is 2.66. The van der Waals surface area contributed by atoms with E-state index < -0.39 is 5.91 Å². The number of likely N-dealkylation sites (N-methyl/N-ethyl adjacent to an activating group) is 1. The molecule has 6 heteroatoms. The zero-order chi connectivity index (χ0) is 17.7. The first-order valence-electron chi connectivity index (χ1n) is 7.79. The van der Waals surface area contributed by atoms with Crippen LogP contribution in [0.1, 0.15) is 19.4 Å². The molecular weight excluding hydrogens is 304 g/mol. The number of hydrogen-bond donors (Lipinski definition) is 1. The van der Waals surface area contributed by atoms with Gasteiger partial charge in [0.05, 0.1) is 0 Å². The standard InChI is InChI=1S/C18H20N4O2/c1-3-21(4-2)17(23)12-22-11-14(9-13(10-19)18(20)24)15-7-5-6-8-16(15)22/h5-9,11H,3-4,12H2,1-2H3,(H2,20,24)/b13-9-. The van der Waals surface area contributed by atoms with Crippen molar-refractivity contribution in [2.24, 2.45) is 5.73 Å². The quantitative estimate of drug-likeness (QED) is 0.650. The van der Waals surface area contributed by atoms with Crippen LogP contribution in [0.15, 0.2) is 36.0 Å². The van der Waals surface area contributed by atoms with Gasteiger partial charge in [0.1, 0.15) is 18.2 Å². The molecule has 24 heavy (non-hydrogen) atoms. The number of fused-ring (bicyclic) bond motifs is 1. The van der Waals surface area contributed by atoms with E-state index in [0.29, 0.717) is 18.7 Å². The van der Waals surface area contributed by atoms with Gasteiger partial charge in [0.2, 0.25) is 5.91 Å². The van der Waals surface area contributed by atoms with Crippen LogP contribution in [0.4, 0.5) is 0 Å². The van der Waals surface area contributed by atoms with Crippen molar-refractivity contribution in [1.29, 1.82) is 5.26 Å². The Kier molecular flexibility index (Phi) is 5.38. The van der Waals surface area contributed by atoms with Gasteiger partial charge in [0, 0.05) is 35.8 Å². The first-order chi connectivity index (χ1) is 11.5. The van der Waals surface area contributed by atoms with Gasteiger partial charge in [-0.1, -0.05) is 18.2 Å². The fourth-order valence-electron chi connectivity index (χ4n) is 2.66. The third-order valence-corrected chi connectivity index (χ3v) is 3.93. The van der Waals surface area contributed by atoms with Gasteiger partial charge in [-0.25, -0.2) is 0 Å². The summed E-state index contributed by atoms with van der Waals surface area (Å²) in [6, 6.07) is 9.34. The Labute approximate surface area is 140 Å². The van der Waals surface area contributed by atoms with Crippen LogP contribution >= 0.6 is 0 Å². The van der Waals surface area contributed by atoms with Crippen molar-refractivity contribution in [2.75, 3.05) is 13.1 Å². The molecule has 1 heterocycles. The summed E-state index contributed by atoms with van der Waals surface area (Å²) in [7, 11) is 0. The molecule has 0 aliphatic rings. The van der Waals surface area contributed by atoms with Gasteiger partial charge >= 0.3 is 0 Å². The first kappa shape index (κ1) is 17.3. The molecule has 0 spiro atoms. The van der Waals surface area contributed by atoms with E-state index in [1.807, 2.05) is 42.7 Å². The molecule has 0 aliphatic carbocycles. The highest BCUT2D eigenvalue weighted by molar-refractivity contribution is 6.03. The second kappa shape index (κ2) is 7.47. The number of nitrogens with zero attached hydrogens (tertiary/aromatic N) is 3. The molecule has 1 aromatic carbocycles. The molecule has 0 saturated carbocycles. The van der Waals surface area contributed by atoms with Crippen LogP contribution in [0, 0.1) is 11.3 Å². The van der Waals surface area contributed by atoms with Gasteiger partial charge < -0.3 is 15.2 Å². The van der Waals surface area contributed by atoms with Crippen molar-refractivity contribution in [1.82, 2.24) is 9.47 Å². The minimum Gasteiger partial charge on any atom is -0.365 e. The summed E-state index contributed by atoms with van der Waals surface area (Å²) in [5, 5.41) is 9.89. The normalized spacial score (nSPS) is 11.3. The van der Waals surface area contributed by atoms with Gasteiger partial charge in [-0.2, -0.15) is 5.26 Å². The maximum absolute atomic E-state index is 12.4. The van der Waals surface area contributed by atoms with Crippen LogP contribution in [-0.2, 0) is 16.1 Å². The number of aromatic nitrogens is 1. The van der Waals surface area contributed by atoms with Crippen LogP contribution in [0.5, 0.6) is 0 Å². The maximum Gasteiger partial charge on any atom is 0.259 e. The Morgan fingerprint density at radius 3 is 2.54 bits per heavy atom. The van der Waals surface area contributed by atoms with Crippen molar-refractivity contribution in [2.45, 2.75) is 20.4 Å². The van der Waals surface area contributed by atoms with Crippen LogP contribution in [0.3, 0.4) is 0 Å². The number of hydrogen-bond acceptors (Lipinski definition) is 3. The number of nitriles is 1. The van der Waals surface area contributed by atoms with E-state index in [9.17, 15) is 9.59 Å². The van der Waals surface area contributed by atoms with Crippen LogP contribution < -0.4 is 5.73 Å². The van der Waals surface area contributed by atoms with E-state index in [-0.39, 0.29) is 18.0 Å². The molecule has 2 aromatic rings. The van der Waals surface area contributed by atoms with E-state index >= 15 is 0 Å². The number of benzene rings is 1. The number of carbonyl (C=O) groups is 2. The Morgan fingerprint density at radius 1 is 1.29 bits per heavy atom. The molecule has 2 rings (SSSR count). The smallest absolute Gasteiger partial charge is 0.259 e. The summed E-state index contributed by atoms with van der Waals surface area (Å²) in [5.41, 5.74) is 6.64. The average Bonchev–Trinajstić information content (AvgIpc) is 2.91. The maximum atomic E-state index is 12.4. The highest BCUT2D eigenvalue weighted by Gasteiger charge is 2.14. The predicted octanol–water partition coefficient (Wildman–Crippen LogP) is 1.90. The Bertz CT molecular complexity index is 838. The lowest BCUT2D eigenvalue weighted by molar-refractivity contribution is -0.131. The lowest BCUT2D eigenvalue weighted by Gasteiger charge is -2.19. The second-order valence-electron chi connectivity index (χ2n) is 5.33. The van der Waals surface area contributed by atoms with Crippen molar-refractivity contribution in [3.8, 4) is 6.07 Å². The molecule has 0 aliphatic heterocycles. The van der Waals surface area contributed by atoms with Gasteiger partial charge in [-0.05, 0) is 26.0 Å². The van der Waals surface area contributed by atoms with E-state index in [1.165, 1.54) is 6.08 Å². The van der Waals surface area contributed by atoms with Crippen molar-refractivity contribution < 1.29 is 9.59 Å². The van der Waals surface area contributed by atoms with Crippen molar-refractivity contribution >= 4 is 28.8 Å². The zero-order valence-corrected chi connectivity index (χ0v) is 13.8. The number of rotatable bonds is 6. The fraction of sp³-hybridized carbons (Fsp3) is 0.278. The van der Waals surface area contributed by atoms with Crippen molar-refractivity contribution in [3.05, 3.63) is 41.6 Å².